The second-order valence-electron chi connectivity index (χ2n) is 4.14. The lowest BCUT2D eigenvalue weighted by Gasteiger charge is -2.08. The molecule has 20 heavy (non-hydrogen) atoms. The number of rotatable bonds is 4. The molecule has 2 aromatic carbocycles. The number of nitrogens with two attached hydrogens (primary N) is 2. The first-order valence-corrected chi connectivity index (χ1v) is 7.89. The average Bonchev–Trinajstić information content (AvgIpc) is 2.40. The van der Waals surface area contributed by atoms with E-state index in [9.17, 15) is 4.79 Å². The Morgan fingerprint density at radius 1 is 1.25 bits per heavy atom. The lowest BCUT2D eigenvalue weighted by molar-refractivity contribution is 0.100. The lowest BCUT2D eigenvalue weighted by Crippen LogP contribution is -2.10. The number of amides is 1. The number of hydrogen-bond donors (Lipinski definition) is 2. The zero-order valence-corrected chi connectivity index (χ0v) is 13.6. The fourth-order valence-corrected chi connectivity index (χ4v) is 3.45. The lowest BCUT2D eigenvalue weighted by atomic mass is 10.1. The number of thioether (sulfide) groups is 1. The van der Waals surface area contributed by atoms with Gasteiger partial charge in [0.05, 0.1) is 0 Å². The molecule has 104 valence electrons. The van der Waals surface area contributed by atoms with E-state index in [2.05, 4.69) is 15.9 Å². The van der Waals surface area contributed by atoms with Gasteiger partial charge >= 0.3 is 0 Å². The molecule has 0 bridgehead atoms. The number of carbonyl (C=O) groups is 1. The Morgan fingerprint density at radius 2 is 2.00 bits per heavy atom. The minimum atomic E-state index is -0.484. The minimum absolute atomic E-state index is 0.408. The summed E-state index contributed by atoms with van der Waals surface area (Å²) in [7, 11) is 0. The van der Waals surface area contributed by atoms with Crippen LogP contribution < -0.4 is 11.5 Å². The van der Waals surface area contributed by atoms with E-state index in [1.54, 1.807) is 23.9 Å². The Labute approximate surface area is 134 Å². The summed E-state index contributed by atoms with van der Waals surface area (Å²) in [6.45, 7) is 0. The molecule has 3 nitrogen and oxygen atoms in total. The third-order valence-corrected chi connectivity index (χ3v) is 4.66. The monoisotopic (exact) mass is 370 g/mol. The summed E-state index contributed by atoms with van der Waals surface area (Å²) in [5.41, 5.74) is 13.2. The van der Waals surface area contributed by atoms with Gasteiger partial charge in [-0.05, 0) is 35.9 Å². The van der Waals surface area contributed by atoms with Gasteiger partial charge in [0.2, 0.25) is 5.91 Å². The molecule has 0 aliphatic carbocycles. The van der Waals surface area contributed by atoms with Gasteiger partial charge in [-0.3, -0.25) is 4.79 Å². The van der Waals surface area contributed by atoms with Crippen molar-refractivity contribution in [1.29, 1.82) is 0 Å². The molecular weight excluding hydrogens is 360 g/mol. The number of anilines is 1. The summed E-state index contributed by atoms with van der Waals surface area (Å²) < 4.78 is 0.976. The Balaban J connectivity index is 2.15. The molecule has 0 atom stereocenters. The number of benzene rings is 2. The van der Waals surface area contributed by atoms with Gasteiger partial charge in [-0.1, -0.05) is 33.6 Å². The van der Waals surface area contributed by atoms with Gasteiger partial charge < -0.3 is 11.5 Å². The Hall–Kier alpha value is -1.17. The Morgan fingerprint density at radius 3 is 2.65 bits per heavy atom. The van der Waals surface area contributed by atoms with Crippen molar-refractivity contribution in [2.45, 2.75) is 10.6 Å². The number of hydrogen-bond acceptors (Lipinski definition) is 3. The summed E-state index contributed by atoms with van der Waals surface area (Å²) >= 11 is 11.2. The van der Waals surface area contributed by atoms with Gasteiger partial charge in [-0.25, -0.2) is 0 Å². The predicted molar refractivity (Wildman–Crippen MR) is 88.1 cm³/mol. The molecule has 0 saturated carbocycles. The van der Waals surface area contributed by atoms with Crippen LogP contribution in [0.25, 0.3) is 0 Å². The van der Waals surface area contributed by atoms with Crippen LogP contribution in [0, 0.1) is 0 Å². The summed E-state index contributed by atoms with van der Waals surface area (Å²) in [6, 6.07) is 10.8. The molecule has 0 unspecified atom stereocenters. The van der Waals surface area contributed by atoms with E-state index in [-0.39, 0.29) is 0 Å². The first-order valence-electron chi connectivity index (χ1n) is 5.73. The van der Waals surface area contributed by atoms with E-state index in [0.717, 1.165) is 20.6 Å². The zero-order chi connectivity index (χ0) is 14.7. The molecule has 2 aromatic rings. The van der Waals surface area contributed by atoms with E-state index in [1.165, 1.54) is 0 Å². The van der Waals surface area contributed by atoms with E-state index in [4.69, 9.17) is 23.1 Å². The van der Waals surface area contributed by atoms with Crippen molar-refractivity contribution in [3.05, 3.63) is 57.0 Å². The molecule has 0 spiro atoms. The van der Waals surface area contributed by atoms with Gasteiger partial charge in [-0.2, -0.15) is 0 Å². The van der Waals surface area contributed by atoms with Crippen LogP contribution in [0.2, 0.25) is 5.02 Å². The number of nitrogen functional groups attached to an aromatic ring is 1. The van der Waals surface area contributed by atoms with Crippen LogP contribution in [0.5, 0.6) is 0 Å². The zero-order valence-electron chi connectivity index (χ0n) is 10.4. The molecule has 0 heterocycles. The van der Waals surface area contributed by atoms with E-state index >= 15 is 0 Å². The molecule has 0 fully saturated rings. The normalized spacial score (nSPS) is 10.5. The SMILES string of the molecule is NC(=O)c1ccc(CSc2cc(Br)ccc2N)c(Cl)c1. The highest BCUT2D eigenvalue weighted by Gasteiger charge is 2.07. The maximum atomic E-state index is 11.1. The predicted octanol–water partition coefficient (Wildman–Crippen LogP) is 4.08. The van der Waals surface area contributed by atoms with Crippen LogP contribution in [-0.4, -0.2) is 5.91 Å². The van der Waals surface area contributed by atoms with Gasteiger partial charge in [0, 0.05) is 31.4 Å². The Bertz CT molecular complexity index is 664. The third kappa shape index (κ3) is 3.69. The summed E-state index contributed by atoms with van der Waals surface area (Å²) in [4.78, 5) is 12.0. The second kappa shape index (κ2) is 6.52. The van der Waals surface area contributed by atoms with Crippen molar-refractivity contribution < 1.29 is 4.79 Å². The highest BCUT2D eigenvalue weighted by molar-refractivity contribution is 9.10. The first-order chi connectivity index (χ1) is 9.47. The Kier molecular flexibility index (Phi) is 4.96. The van der Waals surface area contributed by atoms with E-state index in [0.29, 0.717) is 16.3 Å². The van der Waals surface area contributed by atoms with E-state index in [1.807, 2.05) is 24.3 Å². The highest BCUT2D eigenvalue weighted by atomic mass is 79.9. The van der Waals surface area contributed by atoms with Gasteiger partial charge in [0.1, 0.15) is 0 Å². The van der Waals surface area contributed by atoms with Gasteiger partial charge in [0.15, 0.2) is 0 Å². The fourth-order valence-electron chi connectivity index (χ4n) is 1.61. The van der Waals surface area contributed by atoms with Crippen LogP contribution in [0.15, 0.2) is 45.8 Å². The molecule has 1 amide bonds. The molecule has 2 rings (SSSR count). The molecule has 0 aliphatic rings. The molecule has 0 aliphatic heterocycles. The van der Waals surface area contributed by atoms with E-state index < -0.39 is 5.91 Å². The second-order valence-corrected chi connectivity index (χ2v) is 6.48. The van der Waals surface area contributed by atoms with Crippen molar-refractivity contribution in [1.82, 2.24) is 0 Å². The van der Waals surface area contributed by atoms with Crippen molar-refractivity contribution in [2.24, 2.45) is 5.73 Å². The molecule has 6 heteroatoms. The van der Waals surface area contributed by atoms with Crippen molar-refractivity contribution in [2.75, 3.05) is 5.73 Å². The number of carbonyl (C=O) groups excluding carboxylic acids is 1. The van der Waals surface area contributed by atoms with Crippen molar-refractivity contribution >= 4 is 50.9 Å². The topological polar surface area (TPSA) is 69.1 Å². The standard InChI is InChI=1S/C14H12BrClN2OS/c15-10-3-4-12(17)13(6-10)20-7-9-2-1-8(14(18)19)5-11(9)16/h1-6H,7,17H2,(H2,18,19). The fraction of sp³-hybridized carbons (Fsp3) is 0.0714. The third-order valence-electron chi connectivity index (χ3n) is 2.70. The average molecular weight is 372 g/mol. The van der Waals surface area contributed by atoms with Crippen molar-refractivity contribution in [3.63, 3.8) is 0 Å². The number of primary amides is 1. The largest absolute Gasteiger partial charge is 0.398 e. The van der Waals surface area contributed by atoms with Crippen molar-refractivity contribution in [3.8, 4) is 0 Å². The highest BCUT2D eigenvalue weighted by Crippen LogP contribution is 2.32. The van der Waals surface area contributed by atoms with Gasteiger partial charge in [-0.15, -0.1) is 11.8 Å². The van der Waals surface area contributed by atoms with Crippen LogP contribution >= 0.6 is 39.3 Å². The molecule has 4 N–H and O–H groups in total. The number of halogens is 2. The summed E-state index contributed by atoms with van der Waals surface area (Å²) in [5, 5.41) is 0.530. The summed E-state index contributed by atoms with van der Waals surface area (Å²) in [5.74, 6) is 0.181. The first kappa shape index (κ1) is 15.2. The molecule has 0 aromatic heterocycles. The quantitative estimate of drug-likeness (QED) is 0.628. The molecule has 0 radical (unpaired) electrons. The molecule has 0 saturated heterocycles. The minimum Gasteiger partial charge on any atom is -0.398 e. The van der Waals surface area contributed by atoms with Gasteiger partial charge in [0.25, 0.3) is 0 Å². The van der Waals surface area contributed by atoms with Crippen LogP contribution in [0.3, 0.4) is 0 Å². The molecular formula is C14H12BrClN2OS. The summed E-state index contributed by atoms with van der Waals surface area (Å²) in [6.07, 6.45) is 0. The van der Waals surface area contributed by atoms with Crippen LogP contribution in [0.1, 0.15) is 15.9 Å². The maximum Gasteiger partial charge on any atom is 0.248 e. The smallest absolute Gasteiger partial charge is 0.248 e. The van der Waals surface area contributed by atoms with Crippen LogP contribution in [0.4, 0.5) is 5.69 Å². The van der Waals surface area contributed by atoms with Crippen LogP contribution in [-0.2, 0) is 5.75 Å². The maximum absolute atomic E-state index is 11.1.